The van der Waals surface area contributed by atoms with E-state index in [1.165, 1.54) is 29.5 Å². The maximum Gasteiger partial charge on any atom is 0.265 e. The van der Waals surface area contributed by atoms with E-state index in [0.29, 0.717) is 9.90 Å². The van der Waals surface area contributed by atoms with E-state index in [9.17, 15) is 9.18 Å². The zero-order valence-electron chi connectivity index (χ0n) is 10.6. The molecule has 1 aromatic heterocycles. The molecule has 2 aromatic rings. The highest BCUT2D eigenvalue weighted by atomic mass is 35.5. The van der Waals surface area contributed by atoms with Crippen LogP contribution >= 0.6 is 22.9 Å². The molecule has 5 heteroatoms. The second-order valence-electron chi connectivity index (χ2n) is 4.12. The van der Waals surface area contributed by atoms with E-state index in [4.69, 9.17) is 11.6 Å². The Morgan fingerprint density at radius 2 is 2.16 bits per heavy atom. The predicted octanol–water partition coefficient (Wildman–Crippen LogP) is 4.66. The number of halogens is 2. The third-order valence-corrected chi connectivity index (χ3v) is 4.13. The Kier molecular flexibility index (Phi) is 4.22. The van der Waals surface area contributed by atoms with Crippen molar-refractivity contribution in [1.29, 1.82) is 0 Å². The Bertz CT molecular complexity index is 624. The molecule has 0 aliphatic heterocycles. The minimum atomic E-state index is -0.537. The fourth-order valence-corrected chi connectivity index (χ4v) is 2.93. The maximum atomic E-state index is 13.6. The van der Waals surface area contributed by atoms with Gasteiger partial charge < -0.3 is 5.32 Å². The number of hydrogen-bond acceptors (Lipinski definition) is 2. The van der Waals surface area contributed by atoms with Crippen LogP contribution < -0.4 is 5.32 Å². The largest absolute Gasteiger partial charge is 0.319 e. The number of aryl methyl sites for hydroxylation is 2. The fraction of sp³-hybridized carbons (Fsp3) is 0.214. The fourth-order valence-electron chi connectivity index (χ4n) is 1.76. The molecule has 1 amide bonds. The van der Waals surface area contributed by atoms with Gasteiger partial charge in [-0.2, -0.15) is 0 Å². The van der Waals surface area contributed by atoms with E-state index in [1.54, 1.807) is 0 Å². The van der Waals surface area contributed by atoms with E-state index in [-0.39, 0.29) is 11.6 Å². The lowest BCUT2D eigenvalue weighted by molar-refractivity contribution is 0.103. The molecular weight excluding hydrogens is 285 g/mol. The quantitative estimate of drug-likeness (QED) is 0.877. The summed E-state index contributed by atoms with van der Waals surface area (Å²) in [6.45, 7) is 4.01. The average molecular weight is 298 g/mol. The van der Waals surface area contributed by atoms with Gasteiger partial charge in [0.15, 0.2) is 0 Å². The number of hydrogen-bond donors (Lipinski definition) is 1. The molecule has 0 aliphatic rings. The molecule has 0 saturated carbocycles. The van der Waals surface area contributed by atoms with E-state index in [2.05, 4.69) is 5.32 Å². The predicted molar refractivity (Wildman–Crippen MR) is 77.8 cm³/mol. The van der Waals surface area contributed by atoms with Crippen molar-refractivity contribution in [2.45, 2.75) is 20.3 Å². The Hall–Kier alpha value is -1.39. The van der Waals surface area contributed by atoms with Crippen LogP contribution in [0.4, 0.5) is 10.1 Å². The smallest absolute Gasteiger partial charge is 0.265 e. The molecule has 0 unspecified atom stereocenters. The van der Waals surface area contributed by atoms with Crippen LogP contribution in [-0.4, -0.2) is 5.91 Å². The SMILES string of the molecule is CCc1cc(C(=O)Nc2ccc(Cl)cc2F)sc1C. The second-order valence-corrected chi connectivity index (χ2v) is 5.82. The molecule has 0 bridgehead atoms. The monoisotopic (exact) mass is 297 g/mol. The second kappa shape index (κ2) is 5.72. The van der Waals surface area contributed by atoms with Crippen LogP contribution in [0.1, 0.15) is 27.0 Å². The number of benzene rings is 1. The van der Waals surface area contributed by atoms with Crippen molar-refractivity contribution in [3.63, 3.8) is 0 Å². The average Bonchev–Trinajstić information content (AvgIpc) is 2.74. The van der Waals surface area contributed by atoms with Gasteiger partial charge >= 0.3 is 0 Å². The molecule has 0 fully saturated rings. The van der Waals surface area contributed by atoms with Gasteiger partial charge in [-0.15, -0.1) is 11.3 Å². The maximum absolute atomic E-state index is 13.6. The highest BCUT2D eigenvalue weighted by Crippen LogP contribution is 2.24. The zero-order chi connectivity index (χ0) is 14.0. The lowest BCUT2D eigenvalue weighted by Gasteiger charge is -2.05. The van der Waals surface area contributed by atoms with E-state index in [0.717, 1.165) is 16.9 Å². The number of carbonyl (C=O) groups excluding carboxylic acids is 1. The molecule has 0 atom stereocenters. The van der Waals surface area contributed by atoms with Crippen molar-refractivity contribution >= 4 is 34.5 Å². The minimum absolute atomic E-state index is 0.138. The van der Waals surface area contributed by atoms with E-state index in [1.807, 2.05) is 19.9 Å². The van der Waals surface area contributed by atoms with Gasteiger partial charge in [-0.25, -0.2) is 4.39 Å². The number of carbonyl (C=O) groups is 1. The summed E-state index contributed by atoms with van der Waals surface area (Å²) in [7, 11) is 0. The summed E-state index contributed by atoms with van der Waals surface area (Å²) in [5.74, 6) is -0.834. The van der Waals surface area contributed by atoms with Crippen LogP contribution in [-0.2, 0) is 6.42 Å². The number of amides is 1. The summed E-state index contributed by atoms with van der Waals surface area (Å²) in [5.41, 5.74) is 1.28. The summed E-state index contributed by atoms with van der Waals surface area (Å²) in [6.07, 6.45) is 0.880. The van der Waals surface area contributed by atoms with Gasteiger partial charge in [0, 0.05) is 9.90 Å². The Morgan fingerprint density at radius 1 is 1.42 bits per heavy atom. The van der Waals surface area contributed by atoms with Crippen molar-refractivity contribution < 1.29 is 9.18 Å². The third-order valence-electron chi connectivity index (χ3n) is 2.80. The summed E-state index contributed by atoms with van der Waals surface area (Å²) in [5, 5.41) is 2.86. The molecule has 0 radical (unpaired) electrons. The number of rotatable bonds is 3. The van der Waals surface area contributed by atoms with Crippen molar-refractivity contribution in [2.24, 2.45) is 0 Å². The first-order valence-corrected chi connectivity index (χ1v) is 7.06. The van der Waals surface area contributed by atoms with Crippen molar-refractivity contribution in [3.8, 4) is 0 Å². The zero-order valence-corrected chi connectivity index (χ0v) is 12.2. The number of thiophene rings is 1. The van der Waals surface area contributed by atoms with Gasteiger partial charge in [-0.05, 0) is 43.2 Å². The number of nitrogens with one attached hydrogen (secondary N) is 1. The van der Waals surface area contributed by atoms with Crippen LogP contribution in [0, 0.1) is 12.7 Å². The Morgan fingerprint density at radius 3 is 2.74 bits per heavy atom. The molecule has 1 N–H and O–H groups in total. The summed E-state index contributed by atoms with van der Waals surface area (Å²) >= 11 is 7.08. The third kappa shape index (κ3) is 3.14. The highest BCUT2D eigenvalue weighted by Gasteiger charge is 2.13. The van der Waals surface area contributed by atoms with Crippen LogP contribution in [0.3, 0.4) is 0 Å². The molecule has 100 valence electrons. The van der Waals surface area contributed by atoms with Crippen LogP contribution in [0.2, 0.25) is 5.02 Å². The van der Waals surface area contributed by atoms with Gasteiger partial charge in [-0.3, -0.25) is 4.79 Å². The lowest BCUT2D eigenvalue weighted by Crippen LogP contribution is -2.11. The molecule has 0 saturated heterocycles. The van der Waals surface area contributed by atoms with E-state index < -0.39 is 5.82 Å². The molecule has 2 nitrogen and oxygen atoms in total. The summed E-state index contributed by atoms with van der Waals surface area (Å²) in [4.78, 5) is 13.7. The summed E-state index contributed by atoms with van der Waals surface area (Å²) < 4.78 is 13.6. The van der Waals surface area contributed by atoms with Crippen LogP contribution in [0.15, 0.2) is 24.3 Å². The molecule has 2 rings (SSSR count). The molecule has 19 heavy (non-hydrogen) atoms. The number of anilines is 1. The van der Waals surface area contributed by atoms with Gasteiger partial charge in [0.1, 0.15) is 5.82 Å². The standard InChI is InChI=1S/C14H13ClFNOS/c1-3-9-6-13(19-8(9)2)14(18)17-12-5-4-10(15)7-11(12)16/h4-7H,3H2,1-2H3,(H,17,18). The normalized spacial score (nSPS) is 10.5. The Balaban J connectivity index is 2.20. The lowest BCUT2D eigenvalue weighted by atomic mass is 10.2. The van der Waals surface area contributed by atoms with Gasteiger partial charge in [0.05, 0.1) is 10.6 Å². The first kappa shape index (κ1) is 14.0. The minimum Gasteiger partial charge on any atom is -0.319 e. The topological polar surface area (TPSA) is 29.1 Å². The van der Waals surface area contributed by atoms with Crippen molar-refractivity contribution in [1.82, 2.24) is 0 Å². The molecule has 0 spiro atoms. The first-order valence-electron chi connectivity index (χ1n) is 5.87. The van der Waals surface area contributed by atoms with Crippen molar-refractivity contribution in [2.75, 3.05) is 5.32 Å². The highest BCUT2D eigenvalue weighted by molar-refractivity contribution is 7.14. The molecule has 1 heterocycles. The van der Waals surface area contributed by atoms with Crippen molar-refractivity contribution in [3.05, 3.63) is 50.4 Å². The molecule has 1 aromatic carbocycles. The Labute approximate surface area is 120 Å². The molecular formula is C14H13ClFNOS. The summed E-state index contributed by atoms with van der Waals surface area (Å²) in [6, 6.07) is 6.02. The van der Waals surface area contributed by atoms with Gasteiger partial charge in [0.25, 0.3) is 5.91 Å². The van der Waals surface area contributed by atoms with E-state index >= 15 is 0 Å². The van der Waals surface area contributed by atoms with Crippen LogP contribution in [0.25, 0.3) is 0 Å². The van der Waals surface area contributed by atoms with Gasteiger partial charge in [0.2, 0.25) is 0 Å². The van der Waals surface area contributed by atoms with Crippen LogP contribution in [0.5, 0.6) is 0 Å². The van der Waals surface area contributed by atoms with Gasteiger partial charge in [-0.1, -0.05) is 18.5 Å². The molecule has 0 aliphatic carbocycles. The first-order chi connectivity index (χ1) is 9.01.